The fraction of sp³-hybridized carbons (Fsp3) is 0.381. The third-order valence-electron chi connectivity index (χ3n) is 4.77. The fourth-order valence-electron chi connectivity index (χ4n) is 3.35. The van der Waals surface area contributed by atoms with Crippen molar-refractivity contribution in [3.63, 3.8) is 0 Å². The Labute approximate surface area is 144 Å². The highest BCUT2D eigenvalue weighted by molar-refractivity contribution is 5.78. The molecular weight excluding hydrogens is 296 g/mol. The summed E-state index contributed by atoms with van der Waals surface area (Å²) in [5.41, 5.74) is 2.57. The molecular formula is C21H26N2O. The van der Waals surface area contributed by atoms with Crippen LogP contribution in [0.2, 0.25) is 0 Å². The summed E-state index contributed by atoms with van der Waals surface area (Å²) in [7, 11) is 0. The molecule has 3 nitrogen and oxygen atoms in total. The number of nitrogens with one attached hydrogen (secondary N) is 1. The van der Waals surface area contributed by atoms with Gasteiger partial charge in [0.2, 0.25) is 5.91 Å². The van der Waals surface area contributed by atoms with Crippen LogP contribution in [0.5, 0.6) is 0 Å². The Morgan fingerprint density at radius 3 is 2.12 bits per heavy atom. The summed E-state index contributed by atoms with van der Waals surface area (Å²) >= 11 is 0. The molecule has 0 aromatic heterocycles. The van der Waals surface area contributed by atoms with Crippen LogP contribution in [-0.2, 0) is 17.8 Å². The highest BCUT2D eigenvalue weighted by atomic mass is 16.2. The molecule has 0 unspecified atom stereocenters. The molecule has 0 spiro atoms. The zero-order valence-corrected chi connectivity index (χ0v) is 14.2. The summed E-state index contributed by atoms with van der Waals surface area (Å²) in [6.45, 7) is 3.18. The van der Waals surface area contributed by atoms with Crippen molar-refractivity contribution >= 4 is 5.91 Å². The molecule has 2 aromatic rings. The van der Waals surface area contributed by atoms with E-state index in [0.717, 1.165) is 31.0 Å². The summed E-state index contributed by atoms with van der Waals surface area (Å²) < 4.78 is 0. The van der Waals surface area contributed by atoms with Crippen molar-refractivity contribution in [1.82, 2.24) is 10.2 Å². The van der Waals surface area contributed by atoms with Crippen LogP contribution in [0.1, 0.15) is 24.0 Å². The van der Waals surface area contributed by atoms with Gasteiger partial charge in [0, 0.05) is 6.54 Å². The number of benzene rings is 2. The predicted molar refractivity (Wildman–Crippen MR) is 97.6 cm³/mol. The molecule has 3 rings (SSSR count). The molecule has 1 fully saturated rings. The Kier molecular flexibility index (Phi) is 6.02. The number of nitrogens with zero attached hydrogens (tertiary/aromatic N) is 1. The first-order valence-electron chi connectivity index (χ1n) is 8.86. The second-order valence-corrected chi connectivity index (χ2v) is 6.67. The predicted octanol–water partition coefficient (Wildman–Crippen LogP) is 3.26. The van der Waals surface area contributed by atoms with Crippen LogP contribution >= 0.6 is 0 Å². The molecule has 0 aliphatic carbocycles. The van der Waals surface area contributed by atoms with Gasteiger partial charge in [-0.2, -0.15) is 0 Å². The van der Waals surface area contributed by atoms with E-state index in [2.05, 4.69) is 40.5 Å². The SMILES string of the molecule is O=C(CN1CCC(Cc2ccccc2)CC1)NCc1ccccc1. The average Bonchev–Trinajstić information content (AvgIpc) is 2.63. The van der Waals surface area contributed by atoms with Crippen LogP contribution in [0.3, 0.4) is 0 Å². The summed E-state index contributed by atoms with van der Waals surface area (Å²) in [6, 6.07) is 20.8. The molecule has 0 bridgehead atoms. The van der Waals surface area contributed by atoms with E-state index in [-0.39, 0.29) is 5.91 Å². The standard InChI is InChI=1S/C21H26N2O/c24-21(22-16-20-9-5-2-6-10-20)17-23-13-11-19(12-14-23)15-18-7-3-1-4-8-18/h1-10,19H,11-17H2,(H,22,24). The van der Waals surface area contributed by atoms with Crippen LogP contribution in [0.4, 0.5) is 0 Å². The van der Waals surface area contributed by atoms with E-state index in [4.69, 9.17) is 0 Å². The van der Waals surface area contributed by atoms with E-state index in [1.807, 2.05) is 30.3 Å². The van der Waals surface area contributed by atoms with Gasteiger partial charge in [0.15, 0.2) is 0 Å². The van der Waals surface area contributed by atoms with Gasteiger partial charge in [-0.05, 0) is 49.4 Å². The van der Waals surface area contributed by atoms with Crippen molar-refractivity contribution in [3.8, 4) is 0 Å². The van der Waals surface area contributed by atoms with E-state index in [0.29, 0.717) is 13.1 Å². The van der Waals surface area contributed by atoms with Crippen LogP contribution in [0.15, 0.2) is 60.7 Å². The van der Waals surface area contributed by atoms with E-state index in [1.165, 1.54) is 18.4 Å². The normalized spacial score (nSPS) is 16.0. The summed E-state index contributed by atoms with van der Waals surface area (Å²) in [5.74, 6) is 0.872. The van der Waals surface area contributed by atoms with Crippen LogP contribution in [0.25, 0.3) is 0 Å². The van der Waals surface area contributed by atoms with Crippen molar-refractivity contribution in [1.29, 1.82) is 0 Å². The first-order chi connectivity index (χ1) is 11.8. The number of carbonyl (C=O) groups excluding carboxylic acids is 1. The third-order valence-corrected chi connectivity index (χ3v) is 4.77. The Morgan fingerprint density at radius 2 is 1.50 bits per heavy atom. The van der Waals surface area contributed by atoms with Crippen molar-refractivity contribution in [2.75, 3.05) is 19.6 Å². The molecule has 3 heteroatoms. The maximum absolute atomic E-state index is 12.1. The van der Waals surface area contributed by atoms with E-state index in [9.17, 15) is 4.79 Å². The minimum atomic E-state index is 0.125. The number of carbonyl (C=O) groups is 1. The van der Waals surface area contributed by atoms with Gasteiger partial charge in [0.25, 0.3) is 0 Å². The molecule has 0 radical (unpaired) electrons. The largest absolute Gasteiger partial charge is 0.351 e. The zero-order chi connectivity index (χ0) is 16.6. The molecule has 0 saturated carbocycles. The van der Waals surface area contributed by atoms with Crippen LogP contribution in [-0.4, -0.2) is 30.4 Å². The smallest absolute Gasteiger partial charge is 0.234 e. The second-order valence-electron chi connectivity index (χ2n) is 6.67. The summed E-state index contributed by atoms with van der Waals surface area (Å²) in [5, 5.41) is 3.02. The summed E-state index contributed by atoms with van der Waals surface area (Å²) in [6.07, 6.45) is 3.52. The number of amides is 1. The van der Waals surface area contributed by atoms with Gasteiger partial charge in [-0.15, -0.1) is 0 Å². The number of rotatable bonds is 6. The van der Waals surface area contributed by atoms with Crippen LogP contribution < -0.4 is 5.32 Å². The molecule has 0 atom stereocenters. The number of hydrogen-bond acceptors (Lipinski definition) is 2. The fourth-order valence-corrected chi connectivity index (χ4v) is 3.35. The molecule has 1 aliphatic heterocycles. The van der Waals surface area contributed by atoms with Gasteiger partial charge in [-0.1, -0.05) is 60.7 Å². The van der Waals surface area contributed by atoms with Crippen molar-refractivity contribution < 1.29 is 4.79 Å². The second kappa shape index (κ2) is 8.65. The van der Waals surface area contributed by atoms with Crippen LogP contribution in [0, 0.1) is 5.92 Å². The van der Waals surface area contributed by atoms with Gasteiger partial charge in [0.05, 0.1) is 6.54 Å². The average molecular weight is 322 g/mol. The highest BCUT2D eigenvalue weighted by Gasteiger charge is 2.20. The monoisotopic (exact) mass is 322 g/mol. The Morgan fingerprint density at radius 1 is 0.917 bits per heavy atom. The Bertz CT molecular complexity index is 619. The molecule has 1 heterocycles. The van der Waals surface area contributed by atoms with Gasteiger partial charge in [-0.25, -0.2) is 0 Å². The molecule has 1 saturated heterocycles. The topological polar surface area (TPSA) is 32.3 Å². The molecule has 24 heavy (non-hydrogen) atoms. The molecule has 2 aromatic carbocycles. The lowest BCUT2D eigenvalue weighted by Gasteiger charge is -2.31. The maximum atomic E-state index is 12.1. The quantitative estimate of drug-likeness (QED) is 0.885. The zero-order valence-electron chi connectivity index (χ0n) is 14.2. The third kappa shape index (κ3) is 5.20. The lowest BCUT2D eigenvalue weighted by molar-refractivity contribution is -0.122. The first kappa shape index (κ1) is 16.7. The summed E-state index contributed by atoms with van der Waals surface area (Å²) in [4.78, 5) is 14.4. The van der Waals surface area contributed by atoms with Gasteiger partial charge in [-0.3, -0.25) is 9.69 Å². The number of hydrogen-bond donors (Lipinski definition) is 1. The Hall–Kier alpha value is -2.13. The number of likely N-dealkylation sites (tertiary alicyclic amines) is 1. The van der Waals surface area contributed by atoms with Crippen molar-refractivity contribution in [2.24, 2.45) is 5.92 Å². The molecule has 1 aliphatic rings. The first-order valence-corrected chi connectivity index (χ1v) is 8.86. The molecule has 1 amide bonds. The van der Waals surface area contributed by atoms with E-state index < -0.39 is 0 Å². The molecule has 126 valence electrons. The maximum Gasteiger partial charge on any atom is 0.234 e. The van der Waals surface area contributed by atoms with Gasteiger partial charge < -0.3 is 5.32 Å². The van der Waals surface area contributed by atoms with Crippen molar-refractivity contribution in [3.05, 3.63) is 71.8 Å². The van der Waals surface area contributed by atoms with E-state index >= 15 is 0 Å². The minimum Gasteiger partial charge on any atom is -0.351 e. The lowest BCUT2D eigenvalue weighted by Crippen LogP contribution is -2.41. The Balaban J connectivity index is 1.36. The number of piperidine rings is 1. The lowest BCUT2D eigenvalue weighted by atomic mass is 9.90. The minimum absolute atomic E-state index is 0.125. The van der Waals surface area contributed by atoms with Gasteiger partial charge in [0.1, 0.15) is 0 Å². The van der Waals surface area contributed by atoms with Gasteiger partial charge >= 0.3 is 0 Å². The van der Waals surface area contributed by atoms with E-state index in [1.54, 1.807) is 0 Å². The molecule has 1 N–H and O–H groups in total. The van der Waals surface area contributed by atoms with Crippen molar-refractivity contribution in [2.45, 2.75) is 25.8 Å². The highest BCUT2D eigenvalue weighted by Crippen LogP contribution is 2.21.